The first-order valence-corrected chi connectivity index (χ1v) is 4.46. The van der Waals surface area contributed by atoms with Crippen LogP contribution < -0.4 is 5.32 Å². The van der Waals surface area contributed by atoms with Crippen molar-refractivity contribution >= 4 is 11.6 Å². The van der Waals surface area contributed by atoms with Crippen LogP contribution in [0.15, 0.2) is 24.3 Å². The van der Waals surface area contributed by atoms with Gasteiger partial charge in [0.15, 0.2) is 0 Å². The Morgan fingerprint density at radius 3 is 2.67 bits per heavy atom. The minimum absolute atomic E-state index is 0.121. The van der Waals surface area contributed by atoms with Crippen LogP contribution in [-0.2, 0) is 9.53 Å². The van der Waals surface area contributed by atoms with Crippen LogP contribution >= 0.6 is 0 Å². The summed E-state index contributed by atoms with van der Waals surface area (Å²) in [7, 11) is 0. The molecule has 2 N–H and O–H groups in total. The first kappa shape index (κ1) is 11.6. The topological polar surface area (TPSA) is 58.6 Å². The second-order valence-electron chi connectivity index (χ2n) is 2.83. The first-order chi connectivity index (χ1) is 7.22. The monoisotopic (exact) mass is 213 g/mol. The Balaban J connectivity index is 2.34. The lowest BCUT2D eigenvalue weighted by Crippen LogP contribution is -2.19. The molecule has 0 radical (unpaired) electrons. The summed E-state index contributed by atoms with van der Waals surface area (Å²) in [6.07, 6.45) is 0. The number of anilines is 1. The molecule has 0 fully saturated rings. The minimum Gasteiger partial charge on any atom is -0.394 e. The van der Waals surface area contributed by atoms with Crippen LogP contribution in [0.4, 0.5) is 10.1 Å². The molecule has 5 heteroatoms. The lowest BCUT2D eigenvalue weighted by molar-refractivity contribution is -0.120. The Bertz CT molecular complexity index is 313. The van der Waals surface area contributed by atoms with Gasteiger partial charge in [0, 0.05) is 5.69 Å². The van der Waals surface area contributed by atoms with Gasteiger partial charge in [0.1, 0.15) is 12.4 Å². The van der Waals surface area contributed by atoms with E-state index in [0.29, 0.717) is 5.69 Å². The van der Waals surface area contributed by atoms with Crippen molar-refractivity contribution in [2.45, 2.75) is 0 Å². The SMILES string of the molecule is O=C(COCCO)Nc1ccc(F)cc1. The van der Waals surface area contributed by atoms with Crippen molar-refractivity contribution in [2.24, 2.45) is 0 Å². The predicted molar refractivity (Wildman–Crippen MR) is 52.9 cm³/mol. The number of amides is 1. The number of carbonyl (C=O) groups excluding carboxylic acids is 1. The Kier molecular flexibility index (Phi) is 4.73. The molecule has 0 heterocycles. The summed E-state index contributed by atoms with van der Waals surface area (Å²) in [5.74, 6) is -0.695. The van der Waals surface area contributed by atoms with Crippen LogP contribution in [0.5, 0.6) is 0 Å². The van der Waals surface area contributed by atoms with Crippen molar-refractivity contribution < 1.29 is 19.0 Å². The summed E-state index contributed by atoms with van der Waals surface area (Å²) in [4.78, 5) is 11.2. The molecule has 4 nitrogen and oxygen atoms in total. The molecule has 0 aliphatic heterocycles. The van der Waals surface area contributed by atoms with Crippen molar-refractivity contribution in [3.05, 3.63) is 30.1 Å². The number of hydrogen-bond donors (Lipinski definition) is 2. The van der Waals surface area contributed by atoms with E-state index in [1.807, 2.05) is 0 Å². The lowest BCUT2D eigenvalue weighted by atomic mass is 10.3. The number of benzene rings is 1. The molecule has 1 rings (SSSR count). The van der Waals surface area contributed by atoms with E-state index in [2.05, 4.69) is 5.32 Å². The molecule has 0 aliphatic carbocycles. The molecular formula is C10H12FNO3. The molecule has 0 aliphatic rings. The number of ether oxygens (including phenoxy) is 1. The van der Waals surface area contributed by atoms with Crippen LogP contribution in [0.25, 0.3) is 0 Å². The van der Waals surface area contributed by atoms with Crippen molar-refractivity contribution in [1.82, 2.24) is 0 Å². The quantitative estimate of drug-likeness (QED) is 0.710. The van der Waals surface area contributed by atoms with Gasteiger partial charge in [0.2, 0.25) is 5.91 Å². The van der Waals surface area contributed by atoms with E-state index in [1.54, 1.807) is 0 Å². The van der Waals surface area contributed by atoms with Crippen LogP contribution in [0, 0.1) is 5.82 Å². The number of nitrogens with one attached hydrogen (secondary N) is 1. The summed E-state index contributed by atoms with van der Waals surface area (Å²) in [5.41, 5.74) is 0.508. The van der Waals surface area contributed by atoms with Crippen LogP contribution in [-0.4, -0.2) is 30.8 Å². The van der Waals surface area contributed by atoms with Crippen molar-refractivity contribution in [2.75, 3.05) is 25.1 Å². The molecule has 0 saturated heterocycles. The van der Waals surface area contributed by atoms with Gasteiger partial charge in [-0.2, -0.15) is 0 Å². The number of carbonyl (C=O) groups is 1. The predicted octanol–water partition coefficient (Wildman–Crippen LogP) is 0.773. The van der Waals surface area contributed by atoms with Gasteiger partial charge in [-0.3, -0.25) is 4.79 Å². The van der Waals surface area contributed by atoms with Crippen LogP contribution in [0.3, 0.4) is 0 Å². The average molecular weight is 213 g/mol. The number of halogens is 1. The van der Waals surface area contributed by atoms with E-state index in [-0.39, 0.29) is 31.5 Å². The first-order valence-electron chi connectivity index (χ1n) is 4.46. The molecule has 0 saturated carbocycles. The Morgan fingerprint density at radius 2 is 2.07 bits per heavy atom. The number of aliphatic hydroxyl groups excluding tert-OH is 1. The van der Waals surface area contributed by atoms with Crippen LogP contribution in [0.2, 0.25) is 0 Å². The highest BCUT2D eigenvalue weighted by Gasteiger charge is 2.01. The highest BCUT2D eigenvalue weighted by atomic mass is 19.1. The van der Waals surface area contributed by atoms with Gasteiger partial charge in [0.05, 0.1) is 13.2 Å². The number of hydrogen-bond acceptors (Lipinski definition) is 3. The third-order valence-electron chi connectivity index (χ3n) is 1.60. The molecular weight excluding hydrogens is 201 g/mol. The van der Waals surface area contributed by atoms with E-state index in [9.17, 15) is 9.18 Å². The summed E-state index contributed by atoms with van der Waals surface area (Å²) < 4.78 is 17.3. The molecule has 1 amide bonds. The van der Waals surface area contributed by atoms with Crippen LogP contribution in [0.1, 0.15) is 0 Å². The average Bonchev–Trinajstić information content (AvgIpc) is 2.22. The van der Waals surface area contributed by atoms with Gasteiger partial charge in [0.25, 0.3) is 0 Å². The van der Waals surface area contributed by atoms with Gasteiger partial charge >= 0.3 is 0 Å². The Labute approximate surface area is 86.7 Å². The molecule has 1 aromatic carbocycles. The zero-order valence-electron chi connectivity index (χ0n) is 8.07. The summed E-state index contributed by atoms with van der Waals surface area (Å²) in [6.45, 7) is -0.126. The van der Waals surface area contributed by atoms with E-state index in [0.717, 1.165) is 0 Å². The number of aliphatic hydroxyl groups is 1. The normalized spacial score (nSPS) is 10.0. The third kappa shape index (κ3) is 4.53. The summed E-state index contributed by atoms with van der Waals surface area (Å²) in [5, 5.41) is 10.9. The molecule has 0 bridgehead atoms. The molecule has 15 heavy (non-hydrogen) atoms. The minimum atomic E-state index is -0.357. The van der Waals surface area contributed by atoms with E-state index < -0.39 is 0 Å². The fourth-order valence-electron chi connectivity index (χ4n) is 0.960. The maximum atomic E-state index is 12.5. The maximum Gasteiger partial charge on any atom is 0.250 e. The van der Waals surface area contributed by atoms with Crippen molar-refractivity contribution in [1.29, 1.82) is 0 Å². The standard InChI is InChI=1S/C10H12FNO3/c11-8-1-3-9(4-2-8)12-10(14)7-15-6-5-13/h1-4,13H,5-7H2,(H,12,14). The van der Waals surface area contributed by atoms with E-state index in [1.165, 1.54) is 24.3 Å². The summed E-state index contributed by atoms with van der Waals surface area (Å²) in [6, 6.07) is 5.42. The highest BCUT2D eigenvalue weighted by molar-refractivity contribution is 5.91. The molecule has 0 unspecified atom stereocenters. The Morgan fingerprint density at radius 1 is 1.40 bits per heavy atom. The largest absolute Gasteiger partial charge is 0.394 e. The zero-order chi connectivity index (χ0) is 11.1. The van der Waals surface area contributed by atoms with Crippen molar-refractivity contribution in [3.63, 3.8) is 0 Å². The fraction of sp³-hybridized carbons (Fsp3) is 0.300. The summed E-state index contributed by atoms with van der Waals surface area (Å²) >= 11 is 0. The second-order valence-corrected chi connectivity index (χ2v) is 2.83. The molecule has 0 atom stereocenters. The van der Waals surface area contributed by atoms with E-state index in [4.69, 9.17) is 9.84 Å². The molecule has 1 aromatic rings. The third-order valence-corrected chi connectivity index (χ3v) is 1.60. The van der Waals surface area contributed by atoms with E-state index >= 15 is 0 Å². The highest BCUT2D eigenvalue weighted by Crippen LogP contribution is 2.07. The second kappa shape index (κ2) is 6.10. The van der Waals surface area contributed by atoms with Crippen molar-refractivity contribution in [3.8, 4) is 0 Å². The number of rotatable bonds is 5. The fourth-order valence-corrected chi connectivity index (χ4v) is 0.960. The van der Waals surface area contributed by atoms with Gasteiger partial charge in [-0.25, -0.2) is 4.39 Å². The van der Waals surface area contributed by atoms with Gasteiger partial charge < -0.3 is 15.2 Å². The zero-order valence-corrected chi connectivity index (χ0v) is 8.07. The molecule has 82 valence electrons. The van der Waals surface area contributed by atoms with Gasteiger partial charge in [-0.1, -0.05) is 0 Å². The smallest absolute Gasteiger partial charge is 0.250 e. The lowest BCUT2D eigenvalue weighted by Gasteiger charge is -2.04. The maximum absolute atomic E-state index is 12.5. The molecule has 0 spiro atoms. The molecule has 0 aromatic heterocycles. The van der Waals surface area contributed by atoms with Gasteiger partial charge in [-0.15, -0.1) is 0 Å². The Hall–Kier alpha value is -1.46. The van der Waals surface area contributed by atoms with Gasteiger partial charge in [-0.05, 0) is 24.3 Å².